The van der Waals surface area contributed by atoms with Crippen LogP contribution in [-0.2, 0) is 0 Å². The normalized spacial score (nSPS) is 20.8. The Labute approximate surface area is 97.9 Å². The van der Waals surface area contributed by atoms with Crippen molar-refractivity contribution in [3.05, 3.63) is 0 Å². The van der Waals surface area contributed by atoms with Gasteiger partial charge in [0, 0.05) is 11.6 Å². The average Bonchev–Trinajstić information content (AvgIpc) is 2.63. The molecular weight excluding hydrogens is 245 g/mol. The maximum Gasteiger partial charge on any atom is 0.441 e. The second-order valence-electron chi connectivity index (χ2n) is 4.04. The van der Waals surface area contributed by atoms with Gasteiger partial charge in [-0.3, -0.25) is 0 Å². The van der Waals surface area contributed by atoms with E-state index in [9.17, 15) is 13.2 Å². The standard InChI is InChI=1S/C10H16ClF3S/c11-7-9(8-3-1-2-4-8)5-6-15-10(12,13)14/h8-9H,1-7H2. The largest absolute Gasteiger partial charge is 0.441 e. The first kappa shape index (κ1) is 13.5. The van der Waals surface area contributed by atoms with Crippen LogP contribution >= 0.6 is 23.4 Å². The maximum absolute atomic E-state index is 11.9. The second kappa shape index (κ2) is 6.24. The molecule has 90 valence electrons. The Kier molecular flexibility index (Phi) is 5.61. The van der Waals surface area contributed by atoms with Gasteiger partial charge in [0.2, 0.25) is 0 Å². The fourth-order valence-electron chi connectivity index (χ4n) is 2.19. The van der Waals surface area contributed by atoms with Crippen molar-refractivity contribution >= 4 is 23.4 Å². The summed E-state index contributed by atoms with van der Waals surface area (Å²) in [6, 6.07) is 0. The van der Waals surface area contributed by atoms with E-state index in [4.69, 9.17) is 11.6 Å². The minimum atomic E-state index is -4.09. The first-order valence-electron chi connectivity index (χ1n) is 5.29. The van der Waals surface area contributed by atoms with Crippen LogP contribution in [0.15, 0.2) is 0 Å². The molecule has 0 bridgehead atoms. The summed E-state index contributed by atoms with van der Waals surface area (Å²) < 4.78 is 35.8. The zero-order valence-electron chi connectivity index (χ0n) is 8.52. The van der Waals surface area contributed by atoms with Crippen LogP contribution in [0.4, 0.5) is 13.2 Å². The monoisotopic (exact) mass is 260 g/mol. The predicted molar refractivity (Wildman–Crippen MR) is 59.3 cm³/mol. The van der Waals surface area contributed by atoms with Gasteiger partial charge in [-0.1, -0.05) is 37.4 Å². The molecule has 1 atom stereocenters. The smallest absolute Gasteiger partial charge is 0.160 e. The van der Waals surface area contributed by atoms with Crippen molar-refractivity contribution in [3.63, 3.8) is 0 Å². The first-order chi connectivity index (χ1) is 7.03. The SMILES string of the molecule is FC(F)(F)SCCC(CCl)C1CCCC1. The number of rotatable bonds is 5. The molecule has 5 heteroatoms. The van der Waals surface area contributed by atoms with Gasteiger partial charge in [-0.2, -0.15) is 13.2 Å². The lowest BCUT2D eigenvalue weighted by Gasteiger charge is -2.20. The van der Waals surface area contributed by atoms with Crippen molar-refractivity contribution in [1.82, 2.24) is 0 Å². The highest BCUT2D eigenvalue weighted by Crippen LogP contribution is 2.36. The van der Waals surface area contributed by atoms with E-state index >= 15 is 0 Å². The highest BCUT2D eigenvalue weighted by atomic mass is 35.5. The second-order valence-corrected chi connectivity index (χ2v) is 5.51. The highest BCUT2D eigenvalue weighted by molar-refractivity contribution is 8.00. The molecule has 0 aliphatic heterocycles. The fraction of sp³-hybridized carbons (Fsp3) is 1.00. The van der Waals surface area contributed by atoms with Crippen LogP contribution in [-0.4, -0.2) is 17.1 Å². The third kappa shape index (κ3) is 5.34. The maximum atomic E-state index is 11.9. The molecule has 1 aliphatic carbocycles. The number of halogens is 4. The molecule has 0 aromatic carbocycles. The molecule has 0 saturated heterocycles. The Balaban J connectivity index is 2.21. The number of hydrogen-bond acceptors (Lipinski definition) is 1. The van der Waals surface area contributed by atoms with Gasteiger partial charge >= 0.3 is 5.51 Å². The fourth-order valence-corrected chi connectivity index (χ4v) is 3.25. The molecule has 0 nitrogen and oxygen atoms in total. The molecule has 0 radical (unpaired) electrons. The molecule has 0 aromatic rings. The van der Waals surface area contributed by atoms with E-state index in [0.29, 0.717) is 18.2 Å². The Morgan fingerprint density at radius 2 is 1.87 bits per heavy atom. The molecule has 0 heterocycles. The van der Waals surface area contributed by atoms with Crippen molar-refractivity contribution in [2.45, 2.75) is 37.6 Å². The molecule has 1 rings (SSSR count). The van der Waals surface area contributed by atoms with E-state index in [1.807, 2.05) is 0 Å². The van der Waals surface area contributed by atoms with E-state index in [-0.39, 0.29) is 23.4 Å². The minimum absolute atomic E-state index is 0.0774. The summed E-state index contributed by atoms with van der Waals surface area (Å²) in [6.07, 6.45) is 5.31. The molecule has 1 unspecified atom stereocenters. The molecule has 1 fully saturated rings. The third-order valence-electron chi connectivity index (χ3n) is 3.02. The summed E-state index contributed by atoms with van der Waals surface area (Å²) in [4.78, 5) is 0. The number of hydrogen-bond donors (Lipinski definition) is 0. The summed E-state index contributed by atoms with van der Waals surface area (Å²) in [5.74, 6) is 1.50. The van der Waals surface area contributed by atoms with Crippen molar-refractivity contribution in [2.24, 2.45) is 11.8 Å². The lowest BCUT2D eigenvalue weighted by atomic mass is 9.90. The molecule has 0 N–H and O–H groups in total. The summed E-state index contributed by atoms with van der Waals surface area (Å²) >= 11 is 5.88. The molecule has 0 aromatic heterocycles. The summed E-state index contributed by atoms with van der Waals surface area (Å²) in [5.41, 5.74) is -4.09. The summed E-state index contributed by atoms with van der Waals surface area (Å²) in [5, 5.41) is 0. The van der Waals surface area contributed by atoms with Crippen LogP contribution in [0.2, 0.25) is 0 Å². The predicted octanol–water partition coefficient (Wildman–Crippen LogP) is 4.67. The van der Waals surface area contributed by atoms with Gasteiger partial charge < -0.3 is 0 Å². The Bertz CT molecular complexity index is 178. The van der Waals surface area contributed by atoms with Gasteiger partial charge in [-0.25, -0.2) is 0 Å². The number of alkyl halides is 4. The quantitative estimate of drug-likeness (QED) is 0.647. The van der Waals surface area contributed by atoms with Gasteiger partial charge in [0.25, 0.3) is 0 Å². The molecule has 1 saturated carbocycles. The third-order valence-corrected chi connectivity index (χ3v) is 4.18. The van der Waals surface area contributed by atoms with Crippen molar-refractivity contribution in [1.29, 1.82) is 0 Å². The summed E-state index contributed by atoms with van der Waals surface area (Å²) in [6.45, 7) is 0. The van der Waals surface area contributed by atoms with Crippen LogP contribution in [0, 0.1) is 11.8 Å². The molecular formula is C10H16ClF3S. The van der Waals surface area contributed by atoms with Crippen LogP contribution in [0.1, 0.15) is 32.1 Å². The number of thioether (sulfide) groups is 1. The lowest BCUT2D eigenvalue weighted by molar-refractivity contribution is -0.0328. The van der Waals surface area contributed by atoms with Crippen molar-refractivity contribution in [3.8, 4) is 0 Å². The molecule has 0 spiro atoms. The zero-order chi connectivity index (χ0) is 11.3. The van der Waals surface area contributed by atoms with Crippen molar-refractivity contribution < 1.29 is 13.2 Å². The summed E-state index contributed by atoms with van der Waals surface area (Å²) in [7, 11) is 0. The Morgan fingerprint density at radius 1 is 1.27 bits per heavy atom. The van der Waals surface area contributed by atoms with Crippen molar-refractivity contribution in [2.75, 3.05) is 11.6 Å². The average molecular weight is 261 g/mol. The highest BCUT2D eigenvalue weighted by Gasteiger charge is 2.29. The van der Waals surface area contributed by atoms with Gasteiger partial charge in [0.1, 0.15) is 0 Å². The Hall–Kier alpha value is 0.430. The van der Waals surface area contributed by atoms with E-state index in [2.05, 4.69) is 0 Å². The minimum Gasteiger partial charge on any atom is -0.160 e. The van der Waals surface area contributed by atoms with E-state index < -0.39 is 5.51 Å². The van der Waals surface area contributed by atoms with Crippen LogP contribution in [0.25, 0.3) is 0 Å². The topological polar surface area (TPSA) is 0 Å². The van der Waals surface area contributed by atoms with Gasteiger partial charge in [0.05, 0.1) is 0 Å². The zero-order valence-corrected chi connectivity index (χ0v) is 10.1. The molecule has 1 aliphatic rings. The Morgan fingerprint density at radius 3 is 2.33 bits per heavy atom. The van der Waals surface area contributed by atoms with Gasteiger partial charge in [-0.15, -0.1) is 11.6 Å². The van der Waals surface area contributed by atoms with E-state index in [0.717, 1.165) is 12.8 Å². The van der Waals surface area contributed by atoms with Crippen LogP contribution in [0.3, 0.4) is 0 Å². The van der Waals surface area contributed by atoms with Gasteiger partial charge in [0.15, 0.2) is 0 Å². The van der Waals surface area contributed by atoms with E-state index in [1.165, 1.54) is 12.8 Å². The molecule has 15 heavy (non-hydrogen) atoms. The lowest BCUT2D eigenvalue weighted by Crippen LogP contribution is -2.15. The molecule has 0 amide bonds. The van der Waals surface area contributed by atoms with Crippen LogP contribution < -0.4 is 0 Å². The van der Waals surface area contributed by atoms with E-state index in [1.54, 1.807) is 0 Å². The van der Waals surface area contributed by atoms with Crippen LogP contribution in [0.5, 0.6) is 0 Å². The first-order valence-corrected chi connectivity index (χ1v) is 6.81. The van der Waals surface area contributed by atoms with Gasteiger partial charge in [-0.05, 0) is 18.3 Å².